The maximum Gasteiger partial charge on any atom is 0.257 e. The molecule has 0 unspecified atom stereocenters. The van der Waals surface area contributed by atoms with Crippen LogP contribution < -0.4 is 10.6 Å². The average molecular weight is 412 g/mol. The molecule has 4 aromatic rings. The van der Waals surface area contributed by atoms with E-state index < -0.39 is 0 Å². The molecule has 0 spiro atoms. The zero-order valence-electron chi connectivity index (χ0n) is 17.5. The fraction of sp³-hybridized carbons (Fsp3) is 0.160. The summed E-state index contributed by atoms with van der Waals surface area (Å²) < 4.78 is 1.88. The van der Waals surface area contributed by atoms with Crippen LogP contribution in [0, 0.1) is 0 Å². The molecule has 0 atom stereocenters. The average Bonchev–Trinajstić information content (AvgIpc) is 3.34. The monoisotopic (exact) mass is 411 g/mol. The molecule has 2 N–H and O–H groups in total. The van der Waals surface area contributed by atoms with Gasteiger partial charge in [0.25, 0.3) is 5.91 Å². The smallest absolute Gasteiger partial charge is 0.257 e. The van der Waals surface area contributed by atoms with Crippen molar-refractivity contribution in [3.05, 3.63) is 96.4 Å². The Morgan fingerprint density at radius 3 is 2.42 bits per heavy atom. The van der Waals surface area contributed by atoms with E-state index in [-0.39, 0.29) is 5.91 Å². The highest BCUT2D eigenvalue weighted by Gasteiger charge is 2.14. The number of aromatic nitrogens is 3. The highest BCUT2D eigenvalue weighted by molar-refractivity contribution is 6.08. The molecule has 31 heavy (non-hydrogen) atoms. The van der Waals surface area contributed by atoms with Gasteiger partial charge in [-0.05, 0) is 54.4 Å². The van der Waals surface area contributed by atoms with Crippen molar-refractivity contribution in [1.29, 1.82) is 0 Å². The highest BCUT2D eigenvalue weighted by Crippen LogP contribution is 2.23. The van der Waals surface area contributed by atoms with Crippen LogP contribution in [-0.4, -0.2) is 27.2 Å². The third-order valence-corrected chi connectivity index (χ3v) is 5.06. The van der Waals surface area contributed by atoms with Gasteiger partial charge in [-0.25, -0.2) is 0 Å². The topological polar surface area (TPSA) is 71.8 Å². The normalized spacial score (nSPS) is 10.6. The number of rotatable bonds is 8. The number of benzene rings is 2. The number of anilines is 2. The van der Waals surface area contributed by atoms with Gasteiger partial charge >= 0.3 is 0 Å². The summed E-state index contributed by atoms with van der Waals surface area (Å²) in [7, 11) is 0. The van der Waals surface area contributed by atoms with Gasteiger partial charge < -0.3 is 10.6 Å². The van der Waals surface area contributed by atoms with E-state index in [1.165, 1.54) is 5.56 Å². The summed E-state index contributed by atoms with van der Waals surface area (Å²) in [6.45, 7) is 3.67. The van der Waals surface area contributed by atoms with Gasteiger partial charge in [-0.3, -0.25) is 14.5 Å². The molecule has 0 aliphatic rings. The van der Waals surface area contributed by atoms with Crippen molar-refractivity contribution in [1.82, 2.24) is 14.8 Å². The van der Waals surface area contributed by atoms with Crippen molar-refractivity contribution in [3.8, 4) is 11.3 Å². The van der Waals surface area contributed by atoms with Crippen LogP contribution in [0.2, 0.25) is 0 Å². The van der Waals surface area contributed by atoms with Crippen molar-refractivity contribution >= 4 is 17.3 Å². The molecule has 0 saturated heterocycles. The van der Waals surface area contributed by atoms with Crippen LogP contribution in [0.5, 0.6) is 0 Å². The van der Waals surface area contributed by atoms with Crippen LogP contribution >= 0.6 is 0 Å². The second kappa shape index (κ2) is 9.71. The third-order valence-electron chi connectivity index (χ3n) is 5.06. The van der Waals surface area contributed by atoms with Gasteiger partial charge in [-0.15, -0.1) is 0 Å². The Labute approximate surface area is 182 Å². The molecule has 0 radical (unpaired) electrons. The molecule has 0 aliphatic carbocycles. The Morgan fingerprint density at radius 1 is 0.935 bits per heavy atom. The van der Waals surface area contributed by atoms with E-state index in [0.29, 0.717) is 11.3 Å². The molecule has 6 heteroatoms. The summed E-state index contributed by atoms with van der Waals surface area (Å²) in [6.07, 6.45) is 6.39. The standard InChI is InChI=1S/C25H25N5O/c1-2-19-6-8-20(9-7-19)24-23(5-3-14-27-24)25(31)29-22-12-10-21(11-13-22)26-16-18-30-17-4-15-28-30/h3-15,17,26H,2,16,18H2,1H3,(H,29,31). The van der Waals surface area contributed by atoms with E-state index in [9.17, 15) is 4.79 Å². The molecular formula is C25H25N5O. The highest BCUT2D eigenvalue weighted by atomic mass is 16.1. The van der Waals surface area contributed by atoms with Crippen LogP contribution in [0.1, 0.15) is 22.8 Å². The molecule has 2 heterocycles. The van der Waals surface area contributed by atoms with Gasteiger partial charge in [-0.1, -0.05) is 31.2 Å². The zero-order chi connectivity index (χ0) is 21.5. The molecule has 2 aromatic heterocycles. The third kappa shape index (κ3) is 5.17. The van der Waals surface area contributed by atoms with Crippen molar-refractivity contribution < 1.29 is 4.79 Å². The van der Waals surface area contributed by atoms with E-state index in [1.54, 1.807) is 24.5 Å². The minimum Gasteiger partial charge on any atom is -0.383 e. The first-order valence-corrected chi connectivity index (χ1v) is 10.4. The molecule has 1 amide bonds. The number of carbonyl (C=O) groups is 1. The minimum absolute atomic E-state index is 0.179. The molecule has 0 fully saturated rings. The largest absolute Gasteiger partial charge is 0.383 e. The quantitative estimate of drug-likeness (QED) is 0.434. The van der Waals surface area contributed by atoms with Crippen molar-refractivity contribution in [2.45, 2.75) is 19.9 Å². The first kappa shape index (κ1) is 20.3. The summed E-state index contributed by atoms with van der Waals surface area (Å²) in [6, 6.07) is 21.4. The Balaban J connectivity index is 1.41. The SMILES string of the molecule is CCc1ccc(-c2ncccc2C(=O)Nc2ccc(NCCn3cccn3)cc2)cc1. The van der Waals surface area contributed by atoms with E-state index >= 15 is 0 Å². The van der Waals surface area contributed by atoms with E-state index in [2.05, 4.69) is 39.8 Å². The van der Waals surface area contributed by atoms with E-state index in [1.807, 2.05) is 53.3 Å². The molecule has 156 valence electrons. The zero-order valence-corrected chi connectivity index (χ0v) is 17.5. The predicted octanol–water partition coefficient (Wildman–Crippen LogP) is 4.87. The van der Waals surface area contributed by atoms with Crippen LogP contribution in [-0.2, 0) is 13.0 Å². The van der Waals surface area contributed by atoms with E-state index in [0.717, 1.165) is 36.4 Å². The van der Waals surface area contributed by atoms with Crippen molar-refractivity contribution in [3.63, 3.8) is 0 Å². The summed E-state index contributed by atoms with van der Waals surface area (Å²) in [4.78, 5) is 17.4. The number of carbonyl (C=O) groups excluding carboxylic acids is 1. The molecular weight excluding hydrogens is 386 g/mol. The lowest BCUT2D eigenvalue weighted by atomic mass is 10.0. The lowest BCUT2D eigenvalue weighted by molar-refractivity contribution is 0.102. The van der Waals surface area contributed by atoms with Gasteiger partial charge in [0.05, 0.1) is 17.8 Å². The maximum absolute atomic E-state index is 12.9. The number of hydrogen-bond donors (Lipinski definition) is 2. The molecule has 6 nitrogen and oxygen atoms in total. The van der Waals surface area contributed by atoms with Crippen LogP contribution in [0.4, 0.5) is 11.4 Å². The first-order chi connectivity index (χ1) is 15.2. The predicted molar refractivity (Wildman–Crippen MR) is 124 cm³/mol. The maximum atomic E-state index is 12.9. The fourth-order valence-corrected chi connectivity index (χ4v) is 3.33. The van der Waals surface area contributed by atoms with Gasteiger partial charge in [0.1, 0.15) is 0 Å². The van der Waals surface area contributed by atoms with Gasteiger partial charge in [0.15, 0.2) is 0 Å². The van der Waals surface area contributed by atoms with Crippen LogP contribution in [0.3, 0.4) is 0 Å². The second-order valence-corrected chi connectivity index (χ2v) is 7.18. The van der Waals surface area contributed by atoms with Crippen molar-refractivity contribution in [2.24, 2.45) is 0 Å². The first-order valence-electron chi connectivity index (χ1n) is 10.4. The Bertz CT molecular complexity index is 1120. The summed E-state index contributed by atoms with van der Waals surface area (Å²) in [5, 5.41) is 10.5. The number of nitrogens with one attached hydrogen (secondary N) is 2. The molecule has 0 bridgehead atoms. The molecule has 2 aromatic carbocycles. The number of pyridine rings is 1. The Kier molecular flexibility index (Phi) is 6.38. The van der Waals surface area contributed by atoms with E-state index in [4.69, 9.17) is 0 Å². The lowest BCUT2D eigenvalue weighted by Crippen LogP contribution is -2.14. The van der Waals surface area contributed by atoms with Gasteiger partial charge in [0, 0.05) is 42.1 Å². The van der Waals surface area contributed by atoms with Crippen LogP contribution in [0.25, 0.3) is 11.3 Å². The molecule has 0 saturated carbocycles. The van der Waals surface area contributed by atoms with Gasteiger partial charge in [-0.2, -0.15) is 5.10 Å². The summed E-state index contributed by atoms with van der Waals surface area (Å²) >= 11 is 0. The fourth-order valence-electron chi connectivity index (χ4n) is 3.33. The van der Waals surface area contributed by atoms with Crippen LogP contribution in [0.15, 0.2) is 85.3 Å². The summed E-state index contributed by atoms with van der Waals surface area (Å²) in [5.74, 6) is -0.179. The second-order valence-electron chi connectivity index (χ2n) is 7.18. The van der Waals surface area contributed by atoms with Crippen molar-refractivity contribution in [2.75, 3.05) is 17.2 Å². The summed E-state index contributed by atoms with van der Waals surface area (Å²) in [5.41, 5.74) is 5.14. The molecule has 4 rings (SSSR count). The number of aryl methyl sites for hydroxylation is 1. The lowest BCUT2D eigenvalue weighted by Gasteiger charge is -2.11. The number of hydrogen-bond acceptors (Lipinski definition) is 4. The minimum atomic E-state index is -0.179. The Hall–Kier alpha value is -3.93. The van der Waals surface area contributed by atoms with Gasteiger partial charge in [0.2, 0.25) is 0 Å². The number of amides is 1. The number of nitrogens with zero attached hydrogens (tertiary/aromatic N) is 3. The Morgan fingerprint density at radius 2 is 1.71 bits per heavy atom. The molecule has 0 aliphatic heterocycles.